The first-order valence-corrected chi connectivity index (χ1v) is 11.5. The molecule has 1 saturated heterocycles. The van der Waals surface area contributed by atoms with E-state index < -0.39 is 0 Å². The van der Waals surface area contributed by atoms with Crippen molar-refractivity contribution in [1.29, 1.82) is 0 Å². The topological polar surface area (TPSA) is 45.4 Å². The maximum absolute atomic E-state index is 6.35. The van der Waals surface area contributed by atoms with Crippen LogP contribution in [0.1, 0.15) is 25.3 Å². The standard InChI is InChI=1S/C17H13ClN2.C10H20N2/c1-2-11-6-7-14-15(18)10-16(20-17(14)8-11)12-4-3-5-13(19)9-12;1-4-5-10(2)12-8-6-11(3)7-9-12/h2-10H,1,19H2;2,4-9H2,1,3H3. The Morgan fingerprint density at radius 3 is 2.53 bits per heavy atom. The van der Waals surface area contributed by atoms with Crippen molar-refractivity contribution in [2.75, 3.05) is 39.0 Å². The Labute approximate surface area is 197 Å². The molecule has 2 heterocycles. The first-order valence-electron chi connectivity index (χ1n) is 11.1. The zero-order valence-corrected chi connectivity index (χ0v) is 19.9. The van der Waals surface area contributed by atoms with Gasteiger partial charge in [0, 0.05) is 48.5 Å². The molecular weight excluding hydrogens is 416 g/mol. The third-order valence-electron chi connectivity index (χ3n) is 5.69. The molecule has 0 unspecified atom stereocenters. The van der Waals surface area contributed by atoms with Gasteiger partial charge in [-0.2, -0.15) is 0 Å². The van der Waals surface area contributed by atoms with Crippen LogP contribution in [0.4, 0.5) is 5.69 Å². The lowest BCUT2D eigenvalue weighted by molar-refractivity contribution is 0.183. The fourth-order valence-corrected chi connectivity index (χ4v) is 4.01. The van der Waals surface area contributed by atoms with Crippen molar-refractivity contribution in [1.82, 2.24) is 14.8 Å². The Morgan fingerprint density at radius 1 is 1.12 bits per heavy atom. The second-order valence-electron chi connectivity index (χ2n) is 8.20. The largest absolute Gasteiger partial charge is 0.399 e. The van der Waals surface area contributed by atoms with Crippen molar-refractivity contribution < 1.29 is 0 Å². The second-order valence-corrected chi connectivity index (χ2v) is 8.61. The van der Waals surface area contributed by atoms with Crippen molar-refractivity contribution in [2.24, 2.45) is 0 Å². The van der Waals surface area contributed by atoms with E-state index in [1.165, 1.54) is 25.2 Å². The summed E-state index contributed by atoms with van der Waals surface area (Å²) in [6.45, 7) is 14.8. The van der Waals surface area contributed by atoms with E-state index in [1.807, 2.05) is 48.5 Å². The molecule has 4 nitrogen and oxygen atoms in total. The Kier molecular flexibility index (Phi) is 8.32. The SMILES string of the molecule is C=C(CCC)N1CCN(C)CC1.C=Cc1ccc2c(Cl)cc(-c3cccc(N)c3)nc2c1. The van der Waals surface area contributed by atoms with E-state index in [0.29, 0.717) is 10.7 Å². The van der Waals surface area contributed by atoms with Gasteiger partial charge in [0.1, 0.15) is 0 Å². The van der Waals surface area contributed by atoms with E-state index in [4.69, 9.17) is 17.3 Å². The Hall–Kier alpha value is -2.82. The lowest BCUT2D eigenvalue weighted by Crippen LogP contribution is -2.43. The summed E-state index contributed by atoms with van der Waals surface area (Å²) in [5, 5.41) is 1.62. The van der Waals surface area contributed by atoms with E-state index in [-0.39, 0.29) is 0 Å². The van der Waals surface area contributed by atoms with Crippen molar-refractivity contribution in [3.8, 4) is 11.3 Å². The molecule has 0 aliphatic carbocycles. The van der Waals surface area contributed by atoms with Crippen LogP contribution in [0.25, 0.3) is 28.2 Å². The lowest BCUT2D eigenvalue weighted by atomic mass is 10.1. The molecule has 1 fully saturated rings. The van der Waals surface area contributed by atoms with Crippen LogP contribution in [0.2, 0.25) is 5.02 Å². The second kappa shape index (κ2) is 11.2. The molecule has 0 bridgehead atoms. The maximum atomic E-state index is 6.35. The normalized spacial score (nSPS) is 14.0. The van der Waals surface area contributed by atoms with Crippen LogP contribution in [-0.2, 0) is 0 Å². The molecule has 1 aromatic heterocycles. The summed E-state index contributed by atoms with van der Waals surface area (Å²) in [6.07, 6.45) is 4.16. The molecule has 0 amide bonds. The number of benzene rings is 2. The summed E-state index contributed by atoms with van der Waals surface area (Å²) >= 11 is 6.35. The van der Waals surface area contributed by atoms with Crippen LogP contribution in [0.15, 0.2) is 67.4 Å². The van der Waals surface area contributed by atoms with Crippen LogP contribution in [0.5, 0.6) is 0 Å². The van der Waals surface area contributed by atoms with Gasteiger partial charge < -0.3 is 15.5 Å². The van der Waals surface area contributed by atoms with Crippen LogP contribution in [-0.4, -0.2) is 48.0 Å². The quantitative estimate of drug-likeness (QED) is 0.463. The average molecular weight is 449 g/mol. The van der Waals surface area contributed by atoms with E-state index in [0.717, 1.165) is 47.2 Å². The number of likely N-dealkylation sites (N-methyl/N-ethyl adjacent to an activating group) is 1. The zero-order chi connectivity index (χ0) is 23.1. The first kappa shape index (κ1) is 23.8. The smallest absolute Gasteiger partial charge is 0.0730 e. The average Bonchev–Trinajstić information content (AvgIpc) is 2.79. The number of nitrogens with zero attached hydrogens (tertiary/aromatic N) is 3. The van der Waals surface area contributed by atoms with Crippen LogP contribution >= 0.6 is 11.6 Å². The van der Waals surface area contributed by atoms with Gasteiger partial charge in [-0.3, -0.25) is 0 Å². The summed E-state index contributed by atoms with van der Waals surface area (Å²) in [5.74, 6) is 0. The molecule has 2 N–H and O–H groups in total. The van der Waals surface area contributed by atoms with Gasteiger partial charge in [-0.05, 0) is 43.3 Å². The van der Waals surface area contributed by atoms with Gasteiger partial charge in [0.25, 0.3) is 0 Å². The third-order valence-corrected chi connectivity index (χ3v) is 6.00. The van der Waals surface area contributed by atoms with Gasteiger partial charge in [0.2, 0.25) is 0 Å². The summed E-state index contributed by atoms with van der Waals surface area (Å²) < 4.78 is 0. The number of anilines is 1. The van der Waals surface area contributed by atoms with Crippen molar-refractivity contribution in [2.45, 2.75) is 19.8 Å². The summed E-state index contributed by atoms with van der Waals surface area (Å²) in [7, 11) is 2.18. The lowest BCUT2D eigenvalue weighted by Gasteiger charge is -2.35. The number of rotatable bonds is 5. The van der Waals surface area contributed by atoms with E-state index in [2.05, 4.69) is 41.9 Å². The van der Waals surface area contributed by atoms with E-state index in [1.54, 1.807) is 6.08 Å². The number of halogens is 1. The fraction of sp³-hybridized carbons (Fsp3) is 0.296. The van der Waals surface area contributed by atoms with Gasteiger partial charge in [-0.15, -0.1) is 0 Å². The van der Waals surface area contributed by atoms with Crippen LogP contribution < -0.4 is 5.73 Å². The highest BCUT2D eigenvalue weighted by Crippen LogP contribution is 2.29. The van der Waals surface area contributed by atoms with E-state index in [9.17, 15) is 0 Å². The highest BCUT2D eigenvalue weighted by atomic mass is 35.5. The summed E-state index contributed by atoms with van der Waals surface area (Å²) in [6, 6.07) is 15.4. The van der Waals surface area contributed by atoms with Gasteiger partial charge in [-0.25, -0.2) is 4.98 Å². The van der Waals surface area contributed by atoms with E-state index >= 15 is 0 Å². The van der Waals surface area contributed by atoms with Crippen molar-refractivity contribution in [3.63, 3.8) is 0 Å². The molecule has 2 aromatic carbocycles. The third kappa shape index (κ3) is 6.12. The van der Waals surface area contributed by atoms with Gasteiger partial charge in [0.15, 0.2) is 0 Å². The minimum Gasteiger partial charge on any atom is -0.399 e. The Bertz CT molecular complexity index is 1080. The number of nitrogens with two attached hydrogens (primary N) is 1. The molecule has 32 heavy (non-hydrogen) atoms. The Morgan fingerprint density at radius 2 is 1.88 bits per heavy atom. The fourth-order valence-electron chi connectivity index (χ4n) is 3.75. The summed E-state index contributed by atoms with van der Waals surface area (Å²) in [4.78, 5) is 9.46. The molecule has 4 rings (SSSR count). The molecule has 1 aliphatic heterocycles. The van der Waals surface area contributed by atoms with Crippen LogP contribution in [0, 0.1) is 0 Å². The molecule has 0 spiro atoms. The number of hydrogen-bond donors (Lipinski definition) is 1. The van der Waals surface area contributed by atoms with Gasteiger partial charge >= 0.3 is 0 Å². The number of fused-ring (bicyclic) bond motifs is 1. The number of pyridine rings is 1. The number of hydrogen-bond acceptors (Lipinski definition) is 4. The predicted octanol–water partition coefficient (Wildman–Crippen LogP) is 6.33. The van der Waals surface area contributed by atoms with Crippen LogP contribution in [0.3, 0.4) is 0 Å². The molecule has 3 aromatic rings. The van der Waals surface area contributed by atoms with Gasteiger partial charge in [-0.1, -0.05) is 68.4 Å². The molecule has 0 radical (unpaired) electrons. The van der Waals surface area contributed by atoms with Crippen molar-refractivity contribution in [3.05, 3.63) is 78.0 Å². The first-order chi connectivity index (χ1) is 15.4. The maximum Gasteiger partial charge on any atom is 0.0730 e. The molecular formula is C27H33ClN4. The Balaban J connectivity index is 0.000000207. The minimum absolute atomic E-state index is 0.683. The number of nitrogen functional groups attached to an aromatic ring is 1. The number of piperazine rings is 1. The molecule has 1 aliphatic rings. The molecule has 0 atom stereocenters. The predicted molar refractivity (Wildman–Crippen MR) is 140 cm³/mol. The number of aromatic nitrogens is 1. The molecule has 0 saturated carbocycles. The minimum atomic E-state index is 0.683. The monoisotopic (exact) mass is 448 g/mol. The highest BCUT2D eigenvalue weighted by molar-refractivity contribution is 6.35. The van der Waals surface area contributed by atoms with Crippen molar-refractivity contribution >= 4 is 34.3 Å². The summed E-state index contributed by atoms with van der Waals surface area (Å²) in [5.41, 5.74) is 11.5. The zero-order valence-electron chi connectivity index (χ0n) is 19.1. The molecule has 168 valence electrons. The highest BCUT2D eigenvalue weighted by Gasteiger charge is 2.13. The molecule has 5 heteroatoms. The number of allylic oxidation sites excluding steroid dienone is 1. The van der Waals surface area contributed by atoms with Gasteiger partial charge in [0.05, 0.1) is 16.2 Å².